The summed E-state index contributed by atoms with van der Waals surface area (Å²) >= 11 is 0. The average molecular weight is 761 g/mol. The Kier molecular flexibility index (Phi) is 51.9. The first-order valence-corrected chi connectivity index (χ1v) is 24.1. The highest BCUT2D eigenvalue weighted by atomic mass is 16.5. The first kappa shape index (κ1) is 54.5. The van der Waals surface area contributed by atoms with Crippen molar-refractivity contribution in [2.24, 2.45) is 0 Å². The van der Waals surface area contributed by atoms with E-state index in [2.05, 4.69) is 47.6 Å². The summed E-state index contributed by atoms with van der Waals surface area (Å²) in [7, 11) is 2.94. The summed E-state index contributed by atoms with van der Waals surface area (Å²) in [5, 5.41) is 0. The topological polar surface area (TPSA) is 52.6 Å². The number of allylic oxidation sites excluding steroid dienone is 4. The van der Waals surface area contributed by atoms with Crippen molar-refractivity contribution in [1.29, 1.82) is 0 Å². The molecule has 0 rings (SSSR count). The molecule has 0 aromatic heterocycles. The van der Waals surface area contributed by atoms with E-state index in [1.165, 1.54) is 245 Å². The molecule has 0 heterocycles. The Morgan fingerprint density at radius 3 is 0.685 bits per heavy atom. The van der Waals surface area contributed by atoms with Crippen LogP contribution in [0.25, 0.3) is 0 Å². The molecule has 4 nitrogen and oxygen atoms in total. The summed E-state index contributed by atoms with van der Waals surface area (Å²) < 4.78 is 9.30. The molecular formula is C50H96O4. The average Bonchev–Trinajstić information content (AvgIpc) is 3.19. The molecule has 0 aliphatic carbocycles. The molecule has 0 saturated heterocycles. The van der Waals surface area contributed by atoms with E-state index in [0.717, 1.165) is 12.8 Å². The molecule has 0 aliphatic rings. The zero-order valence-electron chi connectivity index (χ0n) is 37.2. The van der Waals surface area contributed by atoms with Crippen LogP contribution in [0, 0.1) is 0 Å². The first-order valence-electron chi connectivity index (χ1n) is 24.1. The van der Waals surface area contributed by atoms with Crippen LogP contribution >= 0.6 is 0 Å². The maximum atomic E-state index is 11.0. The van der Waals surface area contributed by atoms with Crippen LogP contribution in [0.1, 0.15) is 271 Å². The quantitative estimate of drug-likeness (QED) is 0.0353. The summed E-state index contributed by atoms with van der Waals surface area (Å²) in [5.41, 5.74) is 0. The third kappa shape index (κ3) is 52.5. The van der Waals surface area contributed by atoms with Crippen molar-refractivity contribution in [2.45, 2.75) is 271 Å². The lowest BCUT2D eigenvalue weighted by Gasteiger charge is -2.02. The standard InChI is InChI=1S/2C25H48O2/c2*1-3-4-5-6-7-8-9-10-11-12-13-14-15-16-17-18-19-20-21-22-23-24-25(26)27-2/h2*10-11H,3-9,12-24H2,1-2H3/b2*11-10-. The van der Waals surface area contributed by atoms with Crippen molar-refractivity contribution in [3.8, 4) is 0 Å². The van der Waals surface area contributed by atoms with Gasteiger partial charge >= 0.3 is 11.9 Å². The third-order valence-corrected chi connectivity index (χ3v) is 10.7. The number of rotatable bonds is 42. The number of hydrogen-bond donors (Lipinski definition) is 0. The third-order valence-electron chi connectivity index (χ3n) is 10.7. The normalized spacial score (nSPS) is 11.3. The van der Waals surface area contributed by atoms with E-state index in [1.54, 1.807) is 0 Å². The second kappa shape index (κ2) is 51.4. The van der Waals surface area contributed by atoms with Crippen molar-refractivity contribution in [1.82, 2.24) is 0 Å². The molecule has 4 heteroatoms. The Balaban J connectivity index is 0. The first-order chi connectivity index (χ1) is 26.6. The van der Waals surface area contributed by atoms with Gasteiger partial charge in [0, 0.05) is 12.8 Å². The molecule has 0 N–H and O–H groups in total. The van der Waals surface area contributed by atoms with Crippen LogP contribution in [-0.2, 0) is 19.1 Å². The number of unbranched alkanes of at least 4 members (excludes halogenated alkanes) is 34. The molecule has 0 radical (unpaired) electrons. The van der Waals surface area contributed by atoms with Crippen LogP contribution in [0.5, 0.6) is 0 Å². The number of methoxy groups -OCH3 is 2. The maximum Gasteiger partial charge on any atom is 0.305 e. The monoisotopic (exact) mass is 761 g/mol. The molecule has 320 valence electrons. The van der Waals surface area contributed by atoms with Crippen molar-refractivity contribution >= 4 is 11.9 Å². The zero-order chi connectivity index (χ0) is 39.7. The van der Waals surface area contributed by atoms with Gasteiger partial charge in [-0.05, 0) is 64.2 Å². The molecule has 0 saturated carbocycles. The van der Waals surface area contributed by atoms with Gasteiger partial charge in [-0.3, -0.25) is 9.59 Å². The van der Waals surface area contributed by atoms with Crippen molar-refractivity contribution in [2.75, 3.05) is 14.2 Å². The van der Waals surface area contributed by atoms with Gasteiger partial charge < -0.3 is 9.47 Å². The highest BCUT2D eigenvalue weighted by Crippen LogP contribution is 2.15. The lowest BCUT2D eigenvalue weighted by molar-refractivity contribution is -0.141. The molecule has 0 atom stereocenters. The van der Waals surface area contributed by atoms with E-state index in [-0.39, 0.29) is 11.9 Å². The van der Waals surface area contributed by atoms with Gasteiger partial charge in [-0.15, -0.1) is 0 Å². The molecular weight excluding hydrogens is 665 g/mol. The second-order valence-electron chi connectivity index (χ2n) is 16.1. The van der Waals surface area contributed by atoms with E-state index < -0.39 is 0 Å². The molecule has 0 fully saturated rings. The minimum atomic E-state index is -0.0664. The predicted molar refractivity (Wildman–Crippen MR) is 238 cm³/mol. The van der Waals surface area contributed by atoms with Crippen LogP contribution in [0.4, 0.5) is 0 Å². The number of carbonyl (C=O) groups is 2. The highest BCUT2D eigenvalue weighted by Gasteiger charge is 2.00. The smallest absolute Gasteiger partial charge is 0.305 e. The van der Waals surface area contributed by atoms with E-state index in [4.69, 9.17) is 0 Å². The Labute approximate surface area is 339 Å². The van der Waals surface area contributed by atoms with Crippen LogP contribution in [0.2, 0.25) is 0 Å². The van der Waals surface area contributed by atoms with E-state index in [1.807, 2.05) is 0 Å². The van der Waals surface area contributed by atoms with Crippen molar-refractivity contribution < 1.29 is 19.1 Å². The number of hydrogen-bond acceptors (Lipinski definition) is 4. The minimum absolute atomic E-state index is 0.0664. The van der Waals surface area contributed by atoms with Crippen LogP contribution < -0.4 is 0 Å². The summed E-state index contributed by atoms with van der Waals surface area (Å²) in [6, 6.07) is 0. The lowest BCUT2D eigenvalue weighted by atomic mass is 10.0. The predicted octanol–water partition coefficient (Wildman–Crippen LogP) is 17.1. The van der Waals surface area contributed by atoms with Gasteiger partial charge in [0.05, 0.1) is 14.2 Å². The fraction of sp³-hybridized carbons (Fsp3) is 0.880. The molecule has 0 bridgehead atoms. The van der Waals surface area contributed by atoms with Gasteiger partial charge in [0.1, 0.15) is 0 Å². The Bertz CT molecular complexity index is 709. The van der Waals surface area contributed by atoms with E-state index >= 15 is 0 Å². The Hall–Kier alpha value is -1.58. The summed E-state index contributed by atoms with van der Waals surface area (Å²) in [5.74, 6) is -0.133. The second-order valence-corrected chi connectivity index (χ2v) is 16.1. The van der Waals surface area contributed by atoms with Crippen LogP contribution in [0.3, 0.4) is 0 Å². The van der Waals surface area contributed by atoms with Crippen LogP contribution in [0.15, 0.2) is 24.3 Å². The number of esters is 2. The number of ether oxygens (including phenoxy) is 2. The molecule has 54 heavy (non-hydrogen) atoms. The van der Waals surface area contributed by atoms with Crippen LogP contribution in [-0.4, -0.2) is 26.2 Å². The SMILES string of the molecule is CCCCCCCC/C=C\CCCCCCCCCCCCCC(=O)OC.CCCCCCCC/C=C\CCCCCCCCCCCCCC(=O)OC. The Morgan fingerprint density at radius 2 is 0.481 bits per heavy atom. The van der Waals surface area contributed by atoms with Gasteiger partial charge in [-0.2, -0.15) is 0 Å². The van der Waals surface area contributed by atoms with Gasteiger partial charge in [-0.25, -0.2) is 0 Å². The fourth-order valence-corrected chi connectivity index (χ4v) is 7.01. The largest absolute Gasteiger partial charge is 0.469 e. The lowest BCUT2D eigenvalue weighted by Crippen LogP contribution is -1.99. The van der Waals surface area contributed by atoms with Crippen molar-refractivity contribution in [3.05, 3.63) is 24.3 Å². The maximum absolute atomic E-state index is 11.0. The van der Waals surface area contributed by atoms with E-state index in [0.29, 0.717) is 12.8 Å². The van der Waals surface area contributed by atoms with E-state index in [9.17, 15) is 9.59 Å². The molecule has 0 amide bonds. The summed E-state index contributed by atoms with van der Waals surface area (Å²) in [6.45, 7) is 4.56. The minimum Gasteiger partial charge on any atom is -0.469 e. The number of carbonyl (C=O) groups excluding carboxylic acids is 2. The fourth-order valence-electron chi connectivity index (χ4n) is 7.01. The molecule has 0 aliphatic heterocycles. The summed E-state index contributed by atoms with van der Waals surface area (Å²) in [6.07, 6.45) is 61.7. The van der Waals surface area contributed by atoms with Gasteiger partial charge in [-0.1, -0.05) is 218 Å². The highest BCUT2D eigenvalue weighted by molar-refractivity contribution is 5.69. The summed E-state index contributed by atoms with van der Waals surface area (Å²) in [4.78, 5) is 22.0. The zero-order valence-corrected chi connectivity index (χ0v) is 37.2. The van der Waals surface area contributed by atoms with Gasteiger partial charge in [0.2, 0.25) is 0 Å². The Morgan fingerprint density at radius 1 is 0.296 bits per heavy atom. The molecule has 0 spiro atoms. The van der Waals surface area contributed by atoms with Crippen molar-refractivity contribution in [3.63, 3.8) is 0 Å². The molecule has 0 aromatic rings. The van der Waals surface area contributed by atoms with Gasteiger partial charge in [0.15, 0.2) is 0 Å². The molecule has 0 unspecified atom stereocenters. The van der Waals surface area contributed by atoms with Gasteiger partial charge in [0.25, 0.3) is 0 Å². The molecule has 0 aromatic carbocycles.